The highest BCUT2D eigenvalue weighted by Gasteiger charge is 2.21. The van der Waals surface area contributed by atoms with Crippen LogP contribution in [0.1, 0.15) is 32.1 Å². The predicted octanol–water partition coefficient (Wildman–Crippen LogP) is 4.59. The summed E-state index contributed by atoms with van der Waals surface area (Å²) >= 11 is 0. The zero-order valence-corrected chi connectivity index (χ0v) is 15.9. The third kappa shape index (κ3) is 3.51. The summed E-state index contributed by atoms with van der Waals surface area (Å²) in [6.45, 7) is 0. The molecular formula is C22H21N5O2. The van der Waals surface area contributed by atoms with Crippen molar-refractivity contribution in [3.8, 4) is 11.6 Å². The summed E-state index contributed by atoms with van der Waals surface area (Å²) in [5, 5.41) is 11.1. The van der Waals surface area contributed by atoms with E-state index in [2.05, 4.69) is 20.5 Å². The monoisotopic (exact) mass is 387 g/mol. The molecule has 146 valence electrons. The number of nitrogens with one attached hydrogen (secondary N) is 1. The van der Waals surface area contributed by atoms with Gasteiger partial charge >= 0.3 is 0 Å². The number of fused-ring (bicyclic) bond motifs is 3. The van der Waals surface area contributed by atoms with Crippen LogP contribution in [0.2, 0.25) is 0 Å². The quantitative estimate of drug-likeness (QED) is 0.554. The average Bonchev–Trinajstić information content (AvgIpc) is 3.26. The van der Waals surface area contributed by atoms with Crippen molar-refractivity contribution in [3.63, 3.8) is 0 Å². The van der Waals surface area contributed by atoms with Crippen molar-refractivity contribution in [3.05, 3.63) is 54.9 Å². The summed E-state index contributed by atoms with van der Waals surface area (Å²) < 4.78 is 7.84. The number of aromatic nitrogens is 4. The van der Waals surface area contributed by atoms with E-state index in [0.29, 0.717) is 17.3 Å². The van der Waals surface area contributed by atoms with Gasteiger partial charge in [-0.3, -0.25) is 9.20 Å². The molecule has 1 amide bonds. The van der Waals surface area contributed by atoms with Gasteiger partial charge in [0.2, 0.25) is 11.6 Å². The van der Waals surface area contributed by atoms with Crippen LogP contribution in [0, 0.1) is 5.92 Å². The molecule has 0 radical (unpaired) electrons. The fourth-order valence-electron chi connectivity index (χ4n) is 3.87. The molecule has 2 aromatic carbocycles. The number of para-hydroxylation sites is 2. The smallest absolute Gasteiger partial charge is 0.266 e. The number of carbonyl (C=O) groups is 1. The van der Waals surface area contributed by atoms with Gasteiger partial charge in [0.15, 0.2) is 0 Å². The van der Waals surface area contributed by atoms with Gasteiger partial charge in [-0.25, -0.2) is 4.98 Å². The molecule has 0 bridgehead atoms. The summed E-state index contributed by atoms with van der Waals surface area (Å²) in [6, 6.07) is 15.1. The Morgan fingerprint density at radius 1 is 1.03 bits per heavy atom. The lowest BCUT2D eigenvalue weighted by molar-refractivity contribution is -0.120. The first-order chi connectivity index (χ1) is 14.3. The van der Waals surface area contributed by atoms with Gasteiger partial charge in [-0.1, -0.05) is 31.4 Å². The molecule has 1 aliphatic carbocycles. The first-order valence-corrected chi connectivity index (χ1v) is 9.95. The fourth-order valence-corrected chi connectivity index (χ4v) is 3.87. The van der Waals surface area contributed by atoms with Crippen LogP contribution in [0.3, 0.4) is 0 Å². The maximum atomic E-state index is 12.4. The molecule has 0 saturated heterocycles. The summed E-state index contributed by atoms with van der Waals surface area (Å²) in [7, 11) is 0. The van der Waals surface area contributed by atoms with Crippen molar-refractivity contribution >= 4 is 28.3 Å². The van der Waals surface area contributed by atoms with Crippen molar-refractivity contribution in [2.24, 2.45) is 5.92 Å². The maximum absolute atomic E-state index is 12.4. The molecule has 1 fully saturated rings. The van der Waals surface area contributed by atoms with Crippen LogP contribution in [0.15, 0.2) is 54.9 Å². The van der Waals surface area contributed by atoms with E-state index in [-0.39, 0.29) is 11.8 Å². The van der Waals surface area contributed by atoms with E-state index >= 15 is 0 Å². The van der Waals surface area contributed by atoms with Crippen LogP contribution < -0.4 is 10.1 Å². The molecule has 2 aromatic heterocycles. The third-order valence-corrected chi connectivity index (χ3v) is 5.41. The van der Waals surface area contributed by atoms with E-state index in [1.165, 1.54) is 6.42 Å². The van der Waals surface area contributed by atoms with E-state index in [4.69, 9.17) is 4.74 Å². The average molecular weight is 387 g/mol. The maximum Gasteiger partial charge on any atom is 0.266 e. The normalized spacial score (nSPS) is 14.9. The van der Waals surface area contributed by atoms with Crippen molar-refractivity contribution in [2.75, 3.05) is 5.32 Å². The van der Waals surface area contributed by atoms with Crippen molar-refractivity contribution in [2.45, 2.75) is 32.1 Å². The fraction of sp³-hybridized carbons (Fsp3) is 0.273. The molecule has 0 spiro atoms. The second kappa shape index (κ2) is 7.50. The van der Waals surface area contributed by atoms with Crippen LogP contribution in [0.25, 0.3) is 16.7 Å². The Kier molecular flexibility index (Phi) is 4.56. The van der Waals surface area contributed by atoms with Gasteiger partial charge in [0.05, 0.1) is 11.0 Å². The van der Waals surface area contributed by atoms with Crippen LogP contribution in [0.4, 0.5) is 5.69 Å². The SMILES string of the molecule is O=C(Nc1ccc(Oc2nc3ccccc3n3cnnc23)cc1)C1CCCCC1. The van der Waals surface area contributed by atoms with Crippen molar-refractivity contribution in [1.29, 1.82) is 0 Å². The Balaban J connectivity index is 1.35. The summed E-state index contributed by atoms with van der Waals surface area (Å²) in [5.74, 6) is 1.25. The molecule has 2 heterocycles. The molecule has 7 heteroatoms. The zero-order valence-electron chi connectivity index (χ0n) is 15.9. The largest absolute Gasteiger partial charge is 0.436 e. The van der Waals surface area contributed by atoms with Crippen molar-refractivity contribution < 1.29 is 9.53 Å². The Hall–Kier alpha value is -3.48. The Labute approximate surface area is 167 Å². The molecule has 4 aromatic rings. The van der Waals surface area contributed by atoms with Gasteiger partial charge in [-0.15, -0.1) is 10.2 Å². The number of carbonyl (C=O) groups excluding carboxylic acids is 1. The van der Waals surface area contributed by atoms with Gasteiger partial charge in [-0.2, -0.15) is 0 Å². The minimum atomic E-state index is 0.111. The number of hydrogen-bond donors (Lipinski definition) is 1. The van der Waals surface area contributed by atoms with E-state index in [1.54, 1.807) is 6.33 Å². The lowest BCUT2D eigenvalue weighted by atomic mass is 9.88. The van der Waals surface area contributed by atoms with Gasteiger partial charge < -0.3 is 10.1 Å². The third-order valence-electron chi connectivity index (χ3n) is 5.41. The molecule has 1 saturated carbocycles. The number of hydrogen-bond acceptors (Lipinski definition) is 5. The van der Waals surface area contributed by atoms with Crippen molar-refractivity contribution in [1.82, 2.24) is 19.6 Å². The molecule has 1 aliphatic rings. The number of amides is 1. The zero-order chi connectivity index (χ0) is 19.6. The van der Waals surface area contributed by atoms with E-state index in [9.17, 15) is 4.79 Å². The number of anilines is 1. The Bertz CT molecular complexity index is 1160. The first kappa shape index (κ1) is 17.6. The molecule has 29 heavy (non-hydrogen) atoms. The first-order valence-electron chi connectivity index (χ1n) is 9.95. The lowest BCUT2D eigenvalue weighted by Gasteiger charge is -2.20. The van der Waals surface area contributed by atoms with Crippen LogP contribution in [-0.4, -0.2) is 25.5 Å². The molecule has 0 atom stereocenters. The summed E-state index contributed by atoms with van der Waals surface area (Å²) in [6.07, 6.45) is 7.12. The Morgan fingerprint density at radius 3 is 2.66 bits per heavy atom. The molecule has 0 unspecified atom stereocenters. The second-order valence-corrected chi connectivity index (χ2v) is 7.38. The van der Waals surface area contributed by atoms with Gasteiger partial charge in [0, 0.05) is 11.6 Å². The van der Waals surface area contributed by atoms with Crippen LogP contribution >= 0.6 is 0 Å². The molecule has 1 N–H and O–H groups in total. The van der Waals surface area contributed by atoms with Gasteiger partial charge in [0.1, 0.15) is 12.1 Å². The van der Waals surface area contributed by atoms with E-state index in [0.717, 1.165) is 42.4 Å². The van der Waals surface area contributed by atoms with E-state index < -0.39 is 0 Å². The molecular weight excluding hydrogens is 366 g/mol. The van der Waals surface area contributed by atoms with Gasteiger partial charge in [-0.05, 0) is 49.2 Å². The Morgan fingerprint density at radius 2 is 1.83 bits per heavy atom. The van der Waals surface area contributed by atoms with Crippen LogP contribution in [0.5, 0.6) is 11.6 Å². The molecule has 5 rings (SSSR count). The van der Waals surface area contributed by atoms with Crippen LogP contribution in [-0.2, 0) is 4.79 Å². The topological polar surface area (TPSA) is 81.4 Å². The second-order valence-electron chi connectivity index (χ2n) is 7.38. The summed E-state index contributed by atoms with van der Waals surface area (Å²) in [4.78, 5) is 17.0. The highest BCUT2D eigenvalue weighted by Crippen LogP contribution is 2.28. The molecule has 7 nitrogen and oxygen atoms in total. The lowest BCUT2D eigenvalue weighted by Crippen LogP contribution is -2.24. The minimum absolute atomic E-state index is 0.111. The number of nitrogens with zero attached hydrogens (tertiary/aromatic N) is 4. The molecule has 0 aliphatic heterocycles. The number of rotatable bonds is 4. The minimum Gasteiger partial charge on any atom is -0.436 e. The highest BCUT2D eigenvalue weighted by molar-refractivity contribution is 5.92. The van der Waals surface area contributed by atoms with Gasteiger partial charge in [0.25, 0.3) is 5.88 Å². The number of benzene rings is 2. The predicted molar refractivity (Wildman–Crippen MR) is 110 cm³/mol. The van der Waals surface area contributed by atoms with E-state index in [1.807, 2.05) is 52.9 Å². The highest BCUT2D eigenvalue weighted by atomic mass is 16.5. The summed E-state index contributed by atoms with van der Waals surface area (Å²) in [5.41, 5.74) is 3.04. The standard InChI is InChI=1S/C22H21N5O2/c28-21(15-6-2-1-3-7-15)24-16-10-12-17(13-11-16)29-22-20-26-23-14-27(20)19-9-5-4-8-18(19)25-22/h4-5,8-15H,1-3,6-7H2,(H,24,28). The number of ether oxygens (including phenoxy) is 1.